The average molecular weight is 353 g/mol. The van der Waals surface area contributed by atoms with Crippen LogP contribution in [0.2, 0.25) is 0 Å². The van der Waals surface area contributed by atoms with E-state index in [0.29, 0.717) is 6.42 Å². The Labute approximate surface area is 156 Å². The number of nitrogens with zero attached hydrogens (tertiary/aromatic N) is 1. The van der Waals surface area contributed by atoms with E-state index in [1.165, 1.54) is 6.07 Å². The lowest BCUT2D eigenvalue weighted by Crippen LogP contribution is -2.48. The van der Waals surface area contributed by atoms with Crippen molar-refractivity contribution in [3.63, 3.8) is 0 Å². The van der Waals surface area contributed by atoms with Gasteiger partial charge in [-0.05, 0) is 62.2 Å². The molecule has 1 aliphatic rings. The van der Waals surface area contributed by atoms with Crippen molar-refractivity contribution in [1.82, 2.24) is 4.90 Å². The van der Waals surface area contributed by atoms with Crippen LogP contribution < -0.4 is 0 Å². The molecule has 1 fully saturated rings. The fourth-order valence-electron chi connectivity index (χ4n) is 4.10. The SMILES string of the molecule is CN(C)CC1CCCC(=Cc2ccccc2)C1(O)Cc1cccc(F)c1. The zero-order valence-corrected chi connectivity index (χ0v) is 15.7. The highest BCUT2D eigenvalue weighted by Crippen LogP contribution is 2.41. The molecule has 0 aliphatic heterocycles. The first kappa shape index (κ1) is 18.8. The minimum Gasteiger partial charge on any atom is -0.385 e. The van der Waals surface area contributed by atoms with Gasteiger partial charge in [-0.1, -0.05) is 48.5 Å². The molecule has 1 aliphatic carbocycles. The Balaban J connectivity index is 1.99. The van der Waals surface area contributed by atoms with Crippen molar-refractivity contribution in [3.8, 4) is 0 Å². The summed E-state index contributed by atoms with van der Waals surface area (Å²) in [5.74, 6) is -0.121. The minimum atomic E-state index is -0.952. The molecular weight excluding hydrogens is 325 g/mol. The normalized spacial score (nSPS) is 25.0. The van der Waals surface area contributed by atoms with E-state index in [-0.39, 0.29) is 11.7 Å². The van der Waals surface area contributed by atoms with Gasteiger partial charge in [0.2, 0.25) is 0 Å². The number of rotatable bonds is 5. The molecule has 3 heteroatoms. The van der Waals surface area contributed by atoms with E-state index in [0.717, 1.165) is 42.5 Å². The maximum Gasteiger partial charge on any atom is 0.123 e. The predicted octanol–water partition coefficient (Wildman–Crippen LogP) is 4.54. The molecule has 2 aromatic rings. The van der Waals surface area contributed by atoms with Crippen molar-refractivity contribution >= 4 is 6.08 Å². The Morgan fingerprint density at radius 3 is 2.62 bits per heavy atom. The van der Waals surface area contributed by atoms with E-state index < -0.39 is 5.60 Å². The predicted molar refractivity (Wildman–Crippen MR) is 105 cm³/mol. The van der Waals surface area contributed by atoms with Gasteiger partial charge >= 0.3 is 0 Å². The Hall–Kier alpha value is -1.97. The van der Waals surface area contributed by atoms with Crippen molar-refractivity contribution in [3.05, 3.63) is 77.1 Å². The van der Waals surface area contributed by atoms with Crippen LogP contribution in [-0.2, 0) is 6.42 Å². The molecule has 2 nitrogen and oxygen atoms in total. The van der Waals surface area contributed by atoms with Gasteiger partial charge < -0.3 is 10.0 Å². The van der Waals surface area contributed by atoms with Crippen LogP contribution in [0.3, 0.4) is 0 Å². The Morgan fingerprint density at radius 1 is 1.15 bits per heavy atom. The van der Waals surface area contributed by atoms with Crippen molar-refractivity contribution in [2.24, 2.45) is 5.92 Å². The lowest BCUT2D eigenvalue weighted by atomic mass is 9.68. The average Bonchev–Trinajstić information content (AvgIpc) is 2.59. The van der Waals surface area contributed by atoms with E-state index in [1.54, 1.807) is 12.1 Å². The second kappa shape index (κ2) is 8.15. The van der Waals surface area contributed by atoms with Gasteiger partial charge in [-0.15, -0.1) is 0 Å². The summed E-state index contributed by atoms with van der Waals surface area (Å²) in [5, 5.41) is 11.8. The summed E-state index contributed by atoms with van der Waals surface area (Å²) in [4.78, 5) is 2.13. The lowest BCUT2D eigenvalue weighted by Gasteiger charge is -2.43. The fourth-order valence-corrected chi connectivity index (χ4v) is 4.10. The van der Waals surface area contributed by atoms with Gasteiger partial charge in [0.05, 0.1) is 5.60 Å². The number of halogens is 1. The van der Waals surface area contributed by atoms with Gasteiger partial charge in [0.15, 0.2) is 0 Å². The minimum absolute atomic E-state index is 0.129. The summed E-state index contributed by atoms with van der Waals surface area (Å²) in [7, 11) is 4.08. The first-order valence-electron chi connectivity index (χ1n) is 9.35. The smallest absolute Gasteiger partial charge is 0.123 e. The largest absolute Gasteiger partial charge is 0.385 e. The molecule has 0 spiro atoms. The van der Waals surface area contributed by atoms with Crippen LogP contribution >= 0.6 is 0 Å². The molecule has 2 atom stereocenters. The van der Waals surface area contributed by atoms with Gasteiger partial charge in [0.25, 0.3) is 0 Å². The third-order valence-corrected chi connectivity index (χ3v) is 5.32. The Bertz CT molecular complexity index is 756. The monoisotopic (exact) mass is 353 g/mol. The molecule has 0 saturated heterocycles. The third kappa shape index (κ3) is 4.40. The third-order valence-electron chi connectivity index (χ3n) is 5.32. The summed E-state index contributed by atoms with van der Waals surface area (Å²) in [6.07, 6.45) is 5.51. The van der Waals surface area contributed by atoms with Gasteiger partial charge in [-0.3, -0.25) is 0 Å². The second-order valence-electron chi connectivity index (χ2n) is 7.66. The zero-order valence-electron chi connectivity index (χ0n) is 15.7. The standard InChI is InChI=1S/C23H28FNO/c1-25(2)17-21-12-7-11-20(14-18-8-4-3-5-9-18)23(21,26)16-19-10-6-13-22(24)15-19/h3-6,8-10,13-15,21,26H,7,11-12,16-17H2,1-2H3. The van der Waals surface area contributed by atoms with E-state index in [2.05, 4.69) is 23.1 Å². The van der Waals surface area contributed by atoms with E-state index in [1.807, 2.05) is 38.4 Å². The first-order valence-corrected chi connectivity index (χ1v) is 9.35. The quantitative estimate of drug-likeness (QED) is 0.853. The number of benzene rings is 2. The molecule has 26 heavy (non-hydrogen) atoms. The number of hydrogen-bond acceptors (Lipinski definition) is 2. The van der Waals surface area contributed by atoms with Crippen LogP contribution in [-0.4, -0.2) is 36.2 Å². The summed E-state index contributed by atoms with van der Waals surface area (Å²) >= 11 is 0. The summed E-state index contributed by atoms with van der Waals surface area (Å²) in [5.41, 5.74) is 2.06. The van der Waals surface area contributed by atoms with Gasteiger partial charge in [0.1, 0.15) is 5.82 Å². The number of hydrogen-bond donors (Lipinski definition) is 1. The number of aliphatic hydroxyl groups is 1. The fraction of sp³-hybridized carbons (Fsp3) is 0.391. The molecular formula is C23H28FNO. The zero-order chi connectivity index (χ0) is 18.6. The van der Waals surface area contributed by atoms with Crippen LogP contribution in [0.5, 0.6) is 0 Å². The Morgan fingerprint density at radius 2 is 1.92 bits per heavy atom. The van der Waals surface area contributed by atoms with E-state index in [9.17, 15) is 9.50 Å². The maximum absolute atomic E-state index is 13.7. The van der Waals surface area contributed by atoms with Crippen LogP contribution in [0.25, 0.3) is 6.08 Å². The van der Waals surface area contributed by atoms with E-state index in [4.69, 9.17) is 0 Å². The second-order valence-corrected chi connectivity index (χ2v) is 7.66. The first-order chi connectivity index (χ1) is 12.5. The topological polar surface area (TPSA) is 23.5 Å². The van der Waals surface area contributed by atoms with E-state index >= 15 is 0 Å². The Kier molecular flexibility index (Phi) is 5.90. The van der Waals surface area contributed by atoms with Crippen LogP contribution in [0.15, 0.2) is 60.2 Å². The molecule has 0 amide bonds. The van der Waals surface area contributed by atoms with Crippen molar-refractivity contribution < 1.29 is 9.50 Å². The van der Waals surface area contributed by atoms with Crippen molar-refractivity contribution in [2.45, 2.75) is 31.3 Å². The lowest BCUT2D eigenvalue weighted by molar-refractivity contribution is -0.0123. The molecule has 2 unspecified atom stereocenters. The molecule has 1 saturated carbocycles. The van der Waals surface area contributed by atoms with Crippen molar-refractivity contribution in [2.75, 3.05) is 20.6 Å². The van der Waals surface area contributed by atoms with Gasteiger partial charge in [-0.2, -0.15) is 0 Å². The molecule has 0 radical (unpaired) electrons. The highest BCUT2D eigenvalue weighted by molar-refractivity contribution is 5.56. The highest BCUT2D eigenvalue weighted by Gasteiger charge is 2.42. The van der Waals surface area contributed by atoms with Crippen LogP contribution in [0.4, 0.5) is 4.39 Å². The van der Waals surface area contributed by atoms with Crippen LogP contribution in [0, 0.1) is 11.7 Å². The summed E-state index contributed by atoms with van der Waals surface area (Å²) in [6.45, 7) is 0.817. The maximum atomic E-state index is 13.7. The van der Waals surface area contributed by atoms with Crippen molar-refractivity contribution in [1.29, 1.82) is 0 Å². The molecule has 2 aromatic carbocycles. The molecule has 0 aromatic heterocycles. The summed E-state index contributed by atoms with van der Waals surface area (Å²) < 4.78 is 13.7. The molecule has 0 heterocycles. The molecule has 138 valence electrons. The molecule has 3 rings (SSSR count). The summed E-state index contributed by atoms with van der Waals surface area (Å²) in [6, 6.07) is 16.8. The van der Waals surface area contributed by atoms with Gasteiger partial charge in [-0.25, -0.2) is 4.39 Å². The van der Waals surface area contributed by atoms with Crippen LogP contribution in [0.1, 0.15) is 30.4 Å². The molecule has 1 N–H and O–H groups in total. The molecule has 0 bridgehead atoms. The highest BCUT2D eigenvalue weighted by atomic mass is 19.1. The van der Waals surface area contributed by atoms with Gasteiger partial charge in [0, 0.05) is 18.9 Å².